The van der Waals surface area contributed by atoms with Gasteiger partial charge < -0.3 is 5.32 Å². The molecule has 0 bridgehead atoms. The molecule has 0 aliphatic heterocycles. The molecule has 1 aromatic carbocycles. The molecule has 1 heterocycles. The van der Waals surface area contributed by atoms with Crippen LogP contribution < -0.4 is 5.32 Å². The molecule has 0 fully saturated rings. The van der Waals surface area contributed by atoms with Crippen molar-refractivity contribution in [2.24, 2.45) is 0 Å². The first-order valence-corrected chi connectivity index (χ1v) is 7.74. The Hall–Kier alpha value is -0.850. The van der Waals surface area contributed by atoms with Gasteiger partial charge in [-0.2, -0.15) is 0 Å². The number of hydrogen-bond donors (Lipinski definition) is 1. The summed E-state index contributed by atoms with van der Waals surface area (Å²) in [4.78, 5) is 0.987. The zero-order valence-corrected chi connectivity index (χ0v) is 13.2. The zero-order valence-electron chi connectivity index (χ0n) is 10.8. The summed E-state index contributed by atoms with van der Waals surface area (Å²) in [6, 6.07) is 5.14. The molecule has 19 heavy (non-hydrogen) atoms. The third-order valence-corrected chi connectivity index (χ3v) is 4.33. The number of aryl methyl sites for hydroxylation is 1. The van der Waals surface area contributed by atoms with E-state index in [9.17, 15) is 4.39 Å². The molecule has 1 unspecified atom stereocenters. The number of halogens is 2. The van der Waals surface area contributed by atoms with E-state index in [1.807, 2.05) is 19.9 Å². The van der Waals surface area contributed by atoms with Crippen LogP contribution in [0.2, 0.25) is 0 Å². The van der Waals surface area contributed by atoms with Crippen molar-refractivity contribution in [2.75, 3.05) is 6.54 Å². The lowest BCUT2D eigenvalue weighted by Gasteiger charge is -2.18. The fraction of sp³-hybridized carbons (Fsp3) is 0.385. The third-order valence-electron chi connectivity index (χ3n) is 2.88. The minimum Gasteiger partial charge on any atom is -0.306 e. The SMILES string of the molecule is CCNC(c1cccc(Br)c1F)c1snnc1CC. The summed E-state index contributed by atoms with van der Waals surface area (Å²) in [5, 5.41) is 7.42. The van der Waals surface area contributed by atoms with Crippen LogP contribution in [0.3, 0.4) is 0 Å². The number of nitrogens with one attached hydrogen (secondary N) is 1. The lowest BCUT2D eigenvalue weighted by molar-refractivity contribution is 0.556. The highest BCUT2D eigenvalue weighted by atomic mass is 79.9. The Morgan fingerprint density at radius 1 is 1.42 bits per heavy atom. The Morgan fingerprint density at radius 2 is 2.21 bits per heavy atom. The second kappa shape index (κ2) is 6.54. The Morgan fingerprint density at radius 3 is 2.89 bits per heavy atom. The molecule has 1 N–H and O–H groups in total. The van der Waals surface area contributed by atoms with Crippen molar-refractivity contribution < 1.29 is 4.39 Å². The van der Waals surface area contributed by atoms with Crippen molar-refractivity contribution in [3.63, 3.8) is 0 Å². The van der Waals surface area contributed by atoms with Gasteiger partial charge in [0.05, 0.1) is 21.1 Å². The lowest BCUT2D eigenvalue weighted by Crippen LogP contribution is -2.23. The molecule has 0 saturated heterocycles. The van der Waals surface area contributed by atoms with Crippen molar-refractivity contribution in [3.8, 4) is 0 Å². The van der Waals surface area contributed by atoms with Crippen LogP contribution in [-0.4, -0.2) is 16.1 Å². The van der Waals surface area contributed by atoms with Crippen LogP contribution in [0.1, 0.15) is 36.0 Å². The van der Waals surface area contributed by atoms with E-state index >= 15 is 0 Å². The van der Waals surface area contributed by atoms with Gasteiger partial charge in [-0.15, -0.1) is 5.10 Å². The normalized spacial score (nSPS) is 12.6. The Balaban J connectivity index is 2.48. The van der Waals surface area contributed by atoms with Gasteiger partial charge in [0, 0.05) is 5.56 Å². The monoisotopic (exact) mass is 343 g/mol. The quantitative estimate of drug-likeness (QED) is 0.899. The first kappa shape index (κ1) is 14.6. The number of hydrogen-bond acceptors (Lipinski definition) is 4. The largest absolute Gasteiger partial charge is 0.306 e. The molecule has 102 valence electrons. The molecule has 1 aromatic heterocycles. The van der Waals surface area contributed by atoms with E-state index in [2.05, 4.69) is 30.8 Å². The van der Waals surface area contributed by atoms with Crippen molar-refractivity contribution in [2.45, 2.75) is 26.3 Å². The zero-order chi connectivity index (χ0) is 13.8. The third kappa shape index (κ3) is 3.01. The Bertz CT molecular complexity index is 559. The predicted octanol–water partition coefficient (Wildman–Crippen LogP) is 3.70. The maximum absolute atomic E-state index is 14.3. The smallest absolute Gasteiger partial charge is 0.142 e. The van der Waals surface area contributed by atoms with E-state index < -0.39 is 0 Å². The summed E-state index contributed by atoms with van der Waals surface area (Å²) < 4.78 is 18.7. The van der Waals surface area contributed by atoms with E-state index in [4.69, 9.17) is 0 Å². The van der Waals surface area contributed by atoms with Gasteiger partial charge >= 0.3 is 0 Å². The van der Waals surface area contributed by atoms with Crippen LogP contribution in [-0.2, 0) is 6.42 Å². The lowest BCUT2D eigenvalue weighted by atomic mass is 10.0. The summed E-state index contributed by atoms with van der Waals surface area (Å²) in [5.74, 6) is -0.232. The predicted molar refractivity (Wildman–Crippen MR) is 78.9 cm³/mol. The average molecular weight is 344 g/mol. The van der Waals surface area contributed by atoms with Gasteiger partial charge in [0.2, 0.25) is 0 Å². The molecule has 3 nitrogen and oxygen atoms in total. The van der Waals surface area contributed by atoms with Crippen molar-refractivity contribution in [3.05, 3.63) is 44.6 Å². The minimum absolute atomic E-state index is 0.197. The Kier molecular flexibility index (Phi) is 5.01. The molecule has 0 saturated carbocycles. The van der Waals surface area contributed by atoms with E-state index in [0.717, 1.165) is 23.5 Å². The van der Waals surface area contributed by atoms with Gasteiger partial charge in [0.25, 0.3) is 0 Å². The molecule has 0 amide bonds. The summed E-state index contributed by atoms with van der Waals surface area (Å²) in [6.07, 6.45) is 0.795. The maximum Gasteiger partial charge on any atom is 0.142 e. The highest BCUT2D eigenvalue weighted by Crippen LogP contribution is 2.31. The summed E-state index contributed by atoms with van der Waals surface area (Å²) >= 11 is 4.56. The molecule has 2 aromatic rings. The molecule has 6 heteroatoms. The first-order chi connectivity index (χ1) is 9.19. The average Bonchev–Trinajstić information content (AvgIpc) is 2.88. The second-order valence-electron chi connectivity index (χ2n) is 4.07. The highest BCUT2D eigenvalue weighted by Gasteiger charge is 2.23. The van der Waals surface area contributed by atoms with E-state index in [0.29, 0.717) is 10.0 Å². The van der Waals surface area contributed by atoms with Crippen LogP contribution in [0.5, 0.6) is 0 Å². The van der Waals surface area contributed by atoms with Gasteiger partial charge in [-0.25, -0.2) is 4.39 Å². The van der Waals surface area contributed by atoms with Gasteiger partial charge in [0.15, 0.2) is 0 Å². The molecule has 0 aliphatic carbocycles. The fourth-order valence-electron chi connectivity index (χ4n) is 1.97. The maximum atomic E-state index is 14.3. The number of aromatic nitrogens is 2. The van der Waals surface area contributed by atoms with Crippen LogP contribution in [0, 0.1) is 5.82 Å². The summed E-state index contributed by atoms with van der Waals surface area (Å²) in [5.41, 5.74) is 1.55. The molecule has 0 radical (unpaired) electrons. The minimum atomic E-state index is -0.232. The number of benzene rings is 1. The standard InChI is InChI=1S/C13H15BrFN3S/c1-3-10-13(19-18-17-10)12(16-4-2)8-6-5-7-9(14)11(8)15/h5-7,12,16H,3-4H2,1-2H3. The van der Waals surface area contributed by atoms with Gasteiger partial charge in [0.1, 0.15) is 5.82 Å². The van der Waals surface area contributed by atoms with Crippen molar-refractivity contribution in [1.29, 1.82) is 0 Å². The van der Waals surface area contributed by atoms with Crippen molar-refractivity contribution in [1.82, 2.24) is 14.9 Å². The first-order valence-electron chi connectivity index (χ1n) is 6.17. The van der Waals surface area contributed by atoms with Crippen LogP contribution in [0.25, 0.3) is 0 Å². The van der Waals surface area contributed by atoms with Crippen molar-refractivity contribution >= 4 is 27.5 Å². The van der Waals surface area contributed by atoms with Crippen LogP contribution in [0.15, 0.2) is 22.7 Å². The molecule has 0 aliphatic rings. The molecule has 2 rings (SSSR count). The molecular weight excluding hydrogens is 329 g/mol. The van der Waals surface area contributed by atoms with Gasteiger partial charge in [-0.05, 0) is 46.5 Å². The Labute approximate surface area is 124 Å². The van der Waals surface area contributed by atoms with Gasteiger partial charge in [-0.3, -0.25) is 0 Å². The molecule has 1 atom stereocenters. The number of rotatable bonds is 5. The molecule has 0 spiro atoms. The fourth-order valence-corrected chi connectivity index (χ4v) is 3.19. The van der Waals surface area contributed by atoms with E-state index in [-0.39, 0.29) is 11.9 Å². The van der Waals surface area contributed by atoms with E-state index in [1.165, 1.54) is 11.5 Å². The molecular formula is C13H15BrFN3S. The van der Waals surface area contributed by atoms with Crippen LogP contribution in [0.4, 0.5) is 4.39 Å². The van der Waals surface area contributed by atoms with Gasteiger partial charge in [-0.1, -0.05) is 30.5 Å². The van der Waals surface area contributed by atoms with Crippen LogP contribution >= 0.6 is 27.5 Å². The summed E-state index contributed by atoms with van der Waals surface area (Å²) in [6.45, 7) is 4.78. The second-order valence-corrected chi connectivity index (χ2v) is 5.71. The topological polar surface area (TPSA) is 37.8 Å². The number of nitrogens with zero attached hydrogens (tertiary/aromatic N) is 2. The summed E-state index contributed by atoms with van der Waals surface area (Å²) in [7, 11) is 0. The van der Waals surface area contributed by atoms with E-state index in [1.54, 1.807) is 12.1 Å². The highest BCUT2D eigenvalue weighted by molar-refractivity contribution is 9.10.